The lowest BCUT2D eigenvalue weighted by molar-refractivity contribution is 0.0996. The maximum absolute atomic E-state index is 12.2. The number of para-hydroxylation sites is 1. The Morgan fingerprint density at radius 2 is 1.95 bits per heavy atom. The highest BCUT2D eigenvalue weighted by atomic mass is 79.9. The Balaban J connectivity index is 1.87. The average Bonchev–Trinajstić information content (AvgIpc) is 2.79. The van der Waals surface area contributed by atoms with Gasteiger partial charge in [-0.25, -0.2) is 0 Å². The molecule has 0 amide bonds. The van der Waals surface area contributed by atoms with E-state index in [0.717, 1.165) is 29.7 Å². The number of aromatic nitrogens is 1. The molecule has 0 bridgehead atoms. The van der Waals surface area contributed by atoms with Crippen LogP contribution < -0.4 is 0 Å². The maximum atomic E-state index is 12.2. The first-order valence-electron chi connectivity index (χ1n) is 5.96. The molecular weight excluding hydrogens is 402 g/mol. The van der Waals surface area contributed by atoms with Gasteiger partial charge in [-0.15, -0.1) is 11.3 Å². The minimum absolute atomic E-state index is 0.0872. The normalized spacial score (nSPS) is 10.9. The summed E-state index contributed by atoms with van der Waals surface area (Å²) < 4.78 is 1.85. The van der Waals surface area contributed by atoms with Crippen molar-refractivity contribution < 1.29 is 4.79 Å². The van der Waals surface area contributed by atoms with E-state index in [1.807, 2.05) is 42.5 Å². The minimum Gasteiger partial charge on any atom is -0.293 e. The van der Waals surface area contributed by atoms with Gasteiger partial charge in [-0.2, -0.15) is 0 Å². The Labute approximate surface area is 137 Å². The lowest BCUT2D eigenvalue weighted by Gasteiger charge is -2.01. The van der Waals surface area contributed by atoms with Crippen LogP contribution in [-0.2, 0) is 6.42 Å². The van der Waals surface area contributed by atoms with Crippen LogP contribution in [-0.4, -0.2) is 10.8 Å². The summed E-state index contributed by atoms with van der Waals surface area (Å²) in [5.41, 5.74) is 1.72. The third kappa shape index (κ3) is 2.85. The molecule has 0 unspecified atom stereocenters. The number of pyridine rings is 1. The largest absolute Gasteiger partial charge is 0.293 e. The predicted octanol–water partition coefficient (Wildman–Crippen LogP) is 5.25. The van der Waals surface area contributed by atoms with Crippen LogP contribution in [0.25, 0.3) is 10.9 Å². The molecule has 3 aromatic rings. The SMILES string of the molecule is O=C(Cc1ccc2ccccc2n1)c1cc(Br)c(Br)s1. The Bertz CT molecular complexity index is 778. The van der Waals surface area contributed by atoms with Crippen molar-refractivity contribution in [1.29, 1.82) is 0 Å². The molecule has 0 atom stereocenters. The van der Waals surface area contributed by atoms with Crippen molar-refractivity contribution in [2.45, 2.75) is 6.42 Å². The third-order valence-corrected chi connectivity index (χ3v) is 6.22. The first-order valence-corrected chi connectivity index (χ1v) is 8.36. The third-order valence-electron chi connectivity index (χ3n) is 2.92. The number of carbonyl (C=O) groups is 1. The molecule has 2 aromatic heterocycles. The van der Waals surface area contributed by atoms with E-state index in [9.17, 15) is 4.79 Å². The molecule has 0 aliphatic rings. The van der Waals surface area contributed by atoms with Gasteiger partial charge in [-0.3, -0.25) is 9.78 Å². The molecule has 0 saturated heterocycles. The van der Waals surface area contributed by atoms with Gasteiger partial charge in [0.2, 0.25) is 0 Å². The number of thiophene rings is 1. The van der Waals surface area contributed by atoms with Crippen LogP contribution in [0, 0.1) is 0 Å². The molecule has 3 rings (SSSR count). The highest BCUT2D eigenvalue weighted by molar-refractivity contribution is 9.13. The maximum Gasteiger partial charge on any atom is 0.178 e. The first kappa shape index (κ1) is 13.9. The summed E-state index contributed by atoms with van der Waals surface area (Å²) >= 11 is 8.24. The molecule has 5 heteroatoms. The second-order valence-corrected chi connectivity index (χ2v) is 7.55. The summed E-state index contributed by atoms with van der Waals surface area (Å²) in [5, 5.41) is 1.09. The van der Waals surface area contributed by atoms with Gasteiger partial charge in [0.25, 0.3) is 0 Å². The standard InChI is InChI=1S/C15H9Br2NOS/c16-11-8-14(20-15(11)17)13(19)7-10-6-5-9-3-1-2-4-12(9)18-10/h1-6,8H,7H2. The van der Waals surface area contributed by atoms with Crippen LogP contribution in [0.5, 0.6) is 0 Å². The van der Waals surface area contributed by atoms with Gasteiger partial charge in [0, 0.05) is 15.6 Å². The van der Waals surface area contributed by atoms with Gasteiger partial charge in [-0.05, 0) is 50.1 Å². The zero-order chi connectivity index (χ0) is 14.1. The molecule has 2 heterocycles. The van der Waals surface area contributed by atoms with Gasteiger partial charge in [0.15, 0.2) is 5.78 Å². The molecule has 0 spiro atoms. The van der Waals surface area contributed by atoms with Crippen molar-refractivity contribution >= 4 is 59.9 Å². The fourth-order valence-corrected chi connectivity index (χ4v) is 3.92. The van der Waals surface area contributed by atoms with Crippen molar-refractivity contribution in [1.82, 2.24) is 4.98 Å². The van der Waals surface area contributed by atoms with Crippen molar-refractivity contribution in [3.05, 3.63) is 61.3 Å². The van der Waals surface area contributed by atoms with Crippen LogP contribution >= 0.6 is 43.2 Å². The highest BCUT2D eigenvalue weighted by Crippen LogP contribution is 2.33. The van der Waals surface area contributed by atoms with E-state index in [1.165, 1.54) is 11.3 Å². The van der Waals surface area contributed by atoms with E-state index in [-0.39, 0.29) is 5.78 Å². The van der Waals surface area contributed by atoms with Crippen molar-refractivity contribution in [3.63, 3.8) is 0 Å². The molecular formula is C15H9Br2NOS. The molecule has 0 aliphatic heterocycles. The Hall–Kier alpha value is -1.04. The minimum atomic E-state index is 0.0872. The molecule has 0 N–H and O–H groups in total. The van der Waals surface area contributed by atoms with Crippen molar-refractivity contribution in [2.75, 3.05) is 0 Å². The van der Waals surface area contributed by atoms with E-state index in [4.69, 9.17) is 0 Å². The van der Waals surface area contributed by atoms with E-state index >= 15 is 0 Å². The first-order chi connectivity index (χ1) is 9.63. The Morgan fingerprint density at radius 1 is 1.15 bits per heavy atom. The summed E-state index contributed by atoms with van der Waals surface area (Å²) in [6, 6.07) is 13.7. The van der Waals surface area contributed by atoms with Crippen LogP contribution in [0.2, 0.25) is 0 Å². The number of rotatable bonds is 3. The highest BCUT2D eigenvalue weighted by Gasteiger charge is 2.13. The summed E-state index contributed by atoms with van der Waals surface area (Å²) in [6.45, 7) is 0. The summed E-state index contributed by atoms with van der Waals surface area (Å²) in [4.78, 5) is 17.5. The lowest BCUT2D eigenvalue weighted by atomic mass is 10.1. The fraction of sp³-hybridized carbons (Fsp3) is 0.0667. The number of ketones is 1. The molecule has 0 radical (unpaired) electrons. The molecule has 0 fully saturated rings. The van der Waals surface area contributed by atoms with E-state index in [1.54, 1.807) is 0 Å². The quantitative estimate of drug-likeness (QED) is 0.552. The van der Waals surface area contributed by atoms with Crippen molar-refractivity contribution in [2.24, 2.45) is 0 Å². The van der Waals surface area contributed by atoms with Gasteiger partial charge in [-0.1, -0.05) is 24.3 Å². The van der Waals surface area contributed by atoms with Gasteiger partial charge < -0.3 is 0 Å². The van der Waals surface area contributed by atoms with E-state index < -0.39 is 0 Å². The molecule has 0 aliphatic carbocycles. The van der Waals surface area contributed by atoms with Crippen LogP contribution in [0.1, 0.15) is 15.4 Å². The Kier molecular flexibility index (Phi) is 4.01. The van der Waals surface area contributed by atoms with Gasteiger partial charge >= 0.3 is 0 Å². The molecule has 20 heavy (non-hydrogen) atoms. The smallest absolute Gasteiger partial charge is 0.178 e. The summed E-state index contributed by atoms with van der Waals surface area (Å²) in [7, 11) is 0. The molecule has 100 valence electrons. The average molecular weight is 411 g/mol. The fourth-order valence-electron chi connectivity index (χ4n) is 1.94. The topological polar surface area (TPSA) is 30.0 Å². The molecule has 2 nitrogen and oxygen atoms in total. The number of carbonyl (C=O) groups excluding carboxylic acids is 1. The number of nitrogens with zero attached hydrogens (tertiary/aromatic N) is 1. The number of halogens is 2. The van der Waals surface area contributed by atoms with E-state index in [2.05, 4.69) is 36.8 Å². The lowest BCUT2D eigenvalue weighted by Crippen LogP contribution is -2.03. The zero-order valence-corrected chi connectivity index (χ0v) is 14.3. The number of hydrogen-bond acceptors (Lipinski definition) is 3. The van der Waals surface area contributed by atoms with Gasteiger partial charge in [0.1, 0.15) is 0 Å². The number of fused-ring (bicyclic) bond motifs is 1. The van der Waals surface area contributed by atoms with Crippen LogP contribution in [0.15, 0.2) is 50.7 Å². The Morgan fingerprint density at radius 3 is 2.70 bits per heavy atom. The second-order valence-electron chi connectivity index (χ2n) is 4.33. The van der Waals surface area contributed by atoms with E-state index in [0.29, 0.717) is 6.42 Å². The summed E-state index contributed by atoms with van der Waals surface area (Å²) in [6.07, 6.45) is 0.324. The summed E-state index contributed by atoms with van der Waals surface area (Å²) in [5.74, 6) is 0.0872. The zero-order valence-electron chi connectivity index (χ0n) is 10.3. The van der Waals surface area contributed by atoms with Crippen LogP contribution in [0.4, 0.5) is 0 Å². The monoisotopic (exact) mass is 409 g/mol. The van der Waals surface area contributed by atoms with Crippen LogP contribution in [0.3, 0.4) is 0 Å². The van der Waals surface area contributed by atoms with Gasteiger partial charge in [0.05, 0.1) is 20.6 Å². The predicted molar refractivity (Wildman–Crippen MR) is 89.5 cm³/mol. The van der Waals surface area contributed by atoms with Crippen molar-refractivity contribution in [3.8, 4) is 0 Å². The molecule has 1 aromatic carbocycles. The second kappa shape index (κ2) is 5.76. The number of Topliss-reactive ketones (excluding diaryl/α,β-unsaturated/α-hetero) is 1. The number of hydrogen-bond donors (Lipinski definition) is 0. The molecule has 0 saturated carbocycles. The number of benzene rings is 1.